The van der Waals surface area contributed by atoms with E-state index in [1.54, 1.807) is 6.20 Å². The molecule has 0 aliphatic carbocycles. The van der Waals surface area contributed by atoms with E-state index in [1.807, 2.05) is 48.1 Å². The first-order chi connectivity index (χ1) is 9.72. The number of carbonyl (C=O) groups excluding carboxylic acids is 1. The number of carbonyl (C=O) groups is 1. The van der Waals surface area contributed by atoms with Crippen LogP contribution in [0.25, 0.3) is 0 Å². The van der Waals surface area contributed by atoms with E-state index in [2.05, 4.69) is 10.4 Å². The fraction of sp³-hybridized carbons (Fsp3) is 0.333. The molecule has 2 aromatic rings. The first-order valence-corrected chi connectivity index (χ1v) is 6.63. The smallest absolute Gasteiger partial charge is 0.328 e. The van der Waals surface area contributed by atoms with Crippen molar-refractivity contribution in [3.8, 4) is 0 Å². The molecular formula is C15H19N3O2. The van der Waals surface area contributed by atoms with Gasteiger partial charge in [-0.05, 0) is 30.2 Å². The molecule has 1 heterocycles. The number of rotatable bonds is 6. The summed E-state index contributed by atoms with van der Waals surface area (Å²) in [5, 5.41) is 7.38. The molecule has 0 bridgehead atoms. The van der Waals surface area contributed by atoms with Crippen molar-refractivity contribution < 1.29 is 9.53 Å². The number of methoxy groups -OCH3 is 1. The van der Waals surface area contributed by atoms with Crippen molar-refractivity contribution in [2.45, 2.75) is 25.9 Å². The molecule has 1 aromatic heterocycles. The Balaban J connectivity index is 2.07. The zero-order chi connectivity index (χ0) is 14.4. The molecule has 5 heteroatoms. The molecule has 1 unspecified atom stereocenters. The summed E-state index contributed by atoms with van der Waals surface area (Å²) in [6.45, 7) is 2.65. The Labute approximate surface area is 118 Å². The maximum Gasteiger partial charge on any atom is 0.328 e. The molecule has 0 saturated carbocycles. The van der Waals surface area contributed by atoms with Gasteiger partial charge >= 0.3 is 5.97 Å². The molecule has 0 radical (unpaired) electrons. The predicted molar refractivity (Wildman–Crippen MR) is 77.5 cm³/mol. The summed E-state index contributed by atoms with van der Waals surface area (Å²) >= 11 is 0. The SMILES string of the molecule is CCC(Nc1cccc(Cn2cccn2)c1)C(=O)OC. The first kappa shape index (κ1) is 14.1. The lowest BCUT2D eigenvalue weighted by Gasteiger charge is -2.16. The van der Waals surface area contributed by atoms with Gasteiger partial charge in [0.1, 0.15) is 6.04 Å². The van der Waals surface area contributed by atoms with E-state index in [4.69, 9.17) is 4.74 Å². The second kappa shape index (κ2) is 6.75. The molecule has 20 heavy (non-hydrogen) atoms. The number of hydrogen-bond acceptors (Lipinski definition) is 4. The molecule has 1 atom stereocenters. The summed E-state index contributed by atoms with van der Waals surface area (Å²) < 4.78 is 6.63. The molecule has 2 rings (SSSR count). The first-order valence-electron chi connectivity index (χ1n) is 6.63. The third-order valence-corrected chi connectivity index (χ3v) is 3.07. The van der Waals surface area contributed by atoms with E-state index in [1.165, 1.54) is 7.11 Å². The minimum Gasteiger partial charge on any atom is -0.467 e. The van der Waals surface area contributed by atoms with Crippen LogP contribution in [0.4, 0.5) is 5.69 Å². The van der Waals surface area contributed by atoms with Gasteiger partial charge in [0, 0.05) is 18.1 Å². The second-order valence-electron chi connectivity index (χ2n) is 4.53. The Morgan fingerprint density at radius 2 is 2.30 bits per heavy atom. The molecule has 0 amide bonds. The highest BCUT2D eigenvalue weighted by Gasteiger charge is 2.16. The van der Waals surface area contributed by atoms with Crippen LogP contribution in [0.1, 0.15) is 18.9 Å². The number of nitrogens with zero attached hydrogens (tertiary/aromatic N) is 2. The lowest BCUT2D eigenvalue weighted by atomic mass is 10.1. The van der Waals surface area contributed by atoms with Crippen molar-refractivity contribution in [3.05, 3.63) is 48.3 Å². The highest BCUT2D eigenvalue weighted by Crippen LogP contribution is 2.14. The second-order valence-corrected chi connectivity index (χ2v) is 4.53. The standard InChI is InChI=1S/C15H19N3O2/c1-3-14(15(19)20-2)17-13-7-4-6-12(10-13)11-18-9-5-8-16-18/h4-10,14,17H,3,11H2,1-2H3. The van der Waals surface area contributed by atoms with Gasteiger partial charge in [0.2, 0.25) is 0 Å². The summed E-state index contributed by atoms with van der Waals surface area (Å²) in [5.74, 6) is -0.245. The van der Waals surface area contributed by atoms with Gasteiger partial charge in [-0.1, -0.05) is 19.1 Å². The van der Waals surface area contributed by atoms with Crippen molar-refractivity contribution in [1.82, 2.24) is 9.78 Å². The van der Waals surface area contributed by atoms with Crippen molar-refractivity contribution in [2.75, 3.05) is 12.4 Å². The molecular weight excluding hydrogens is 254 g/mol. The topological polar surface area (TPSA) is 56.2 Å². The number of hydrogen-bond donors (Lipinski definition) is 1. The Morgan fingerprint density at radius 3 is 2.95 bits per heavy atom. The van der Waals surface area contributed by atoms with Crippen LogP contribution in [0, 0.1) is 0 Å². The van der Waals surface area contributed by atoms with E-state index in [0.717, 1.165) is 11.3 Å². The lowest BCUT2D eigenvalue weighted by molar-refractivity contribution is -0.141. The summed E-state index contributed by atoms with van der Waals surface area (Å²) in [7, 11) is 1.40. The number of esters is 1. The maximum absolute atomic E-state index is 11.6. The zero-order valence-electron chi connectivity index (χ0n) is 11.7. The molecule has 0 aliphatic rings. The highest BCUT2D eigenvalue weighted by atomic mass is 16.5. The van der Waals surface area contributed by atoms with Crippen molar-refractivity contribution >= 4 is 11.7 Å². The fourth-order valence-corrected chi connectivity index (χ4v) is 2.01. The fourth-order valence-electron chi connectivity index (χ4n) is 2.01. The van der Waals surface area contributed by atoms with Crippen molar-refractivity contribution in [1.29, 1.82) is 0 Å². The van der Waals surface area contributed by atoms with E-state index in [-0.39, 0.29) is 12.0 Å². The van der Waals surface area contributed by atoms with Crippen LogP contribution in [0.15, 0.2) is 42.7 Å². The number of aromatic nitrogens is 2. The number of benzene rings is 1. The van der Waals surface area contributed by atoms with Gasteiger partial charge in [-0.2, -0.15) is 5.10 Å². The van der Waals surface area contributed by atoms with Crippen LogP contribution >= 0.6 is 0 Å². The Hall–Kier alpha value is -2.30. The van der Waals surface area contributed by atoms with Crippen molar-refractivity contribution in [3.63, 3.8) is 0 Å². The number of ether oxygens (including phenoxy) is 1. The molecule has 5 nitrogen and oxygen atoms in total. The van der Waals surface area contributed by atoms with Crippen LogP contribution in [0.2, 0.25) is 0 Å². The molecule has 1 aromatic carbocycles. The summed E-state index contributed by atoms with van der Waals surface area (Å²) in [5.41, 5.74) is 2.03. The molecule has 0 saturated heterocycles. The summed E-state index contributed by atoms with van der Waals surface area (Å²) in [4.78, 5) is 11.6. The molecule has 106 valence electrons. The van der Waals surface area contributed by atoms with Gasteiger partial charge in [-0.25, -0.2) is 4.79 Å². The monoisotopic (exact) mass is 273 g/mol. The van der Waals surface area contributed by atoms with Crippen LogP contribution in [-0.4, -0.2) is 28.9 Å². The number of nitrogens with one attached hydrogen (secondary N) is 1. The lowest BCUT2D eigenvalue weighted by Crippen LogP contribution is -2.29. The quantitative estimate of drug-likeness (QED) is 0.820. The van der Waals surface area contributed by atoms with E-state index < -0.39 is 0 Å². The average Bonchev–Trinajstić information content (AvgIpc) is 2.97. The van der Waals surface area contributed by atoms with Gasteiger partial charge in [-0.3, -0.25) is 4.68 Å². The Morgan fingerprint density at radius 1 is 1.45 bits per heavy atom. The number of anilines is 1. The van der Waals surface area contributed by atoms with E-state index >= 15 is 0 Å². The molecule has 1 N–H and O–H groups in total. The molecule has 0 spiro atoms. The van der Waals surface area contributed by atoms with Gasteiger partial charge in [0.15, 0.2) is 0 Å². The highest BCUT2D eigenvalue weighted by molar-refractivity contribution is 5.79. The van der Waals surface area contributed by atoms with Crippen LogP contribution in [0.5, 0.6) is 0 Å². The minimum atomic E-state index is -0.319. The minimum absolute atomic E-state index is 0.245. The summed E-state index contributed by atoms with van der Waals surface area (Å²) in [6.07, 6.45) is 4.35. The molecule has 0 fully saturated rings. The van der Waals surface area contributed by atoms with Crippen LogP contribution in [-0.2, 0) is 16.1 Å². The zero-order valence-corrected chi connectivity index (χ0v) is 11.7. The largest absolute Gasteiger partial charge is 0.467 e. The third-order valence-electron chi connectivity index (χ3n) is 3.07. The van der Waals surface area contributed by atoms with Gasteiger partial charge < -0.3 is 10.1 Å². The van der Waals surface area contributed by atoms with Crippen molar-refractivity contribution in [2.24, 2.45) is 0 Å². The van der Waals surface area contributed by atoms with E-state index in [9.17, 15) is 4.79 Å². The normalized spacial score (nSPS) is 11.9. The average molecular weight is 273 g/mol. The predicted octanol–water partition coefficient (Wildman–Crippen LogP) is 2.29. The van der Waals surface area contributed by atoms with Crippen LogP contribution in [0.3, 0.4) is 0 Å². The molecule has 0 aliphatic heterocycles. The third kappa shape index (κ3) is 3.60. The van der Waals surface area contributed by atoms with Gasteiger partial charge in [-0.15, -0.1) is 0 Å². The maximum atomic E-state index is 11.6. The summed E-state index contributed by atoms with van der Waals surface area (Å²) in [6, 6.07) is 9.54. The Bertz CT molecular complexity index is 552. The van der Waals surface area contributed by atoms with E-state index in [0.29, 0.717) is 13.0 Å². The van der Waals surface area contributed by atoms with Crippen LogP contribution < -0.4 is 5.32 Å². The Kier molecular flexibility index (Phi) is 4.76. The van der Waals surface area contributed by atoms with Gasteiger partial charge in [0.25, 0.3) is 0 Å². The van der Waals surface area contributed by atoms with Gasteiger partial charge in [0.05, 0.1) is 13.7 Å².